The summed E-state index contributed by atoms with van der Waals surface area (Å²) < 4.78 is 0. The van der Waals surface area contributed by atoms with E-state index in [1.54, 1.807) is 18.1 Å². The van der Waals surface area contributed by atoms with Crippen LogP contribution < -0.4 is 10.6 Å². The first-order valence-corrected chi connectivity index (χ1v) is 10.2. The number of hydrogen-bond donors (Lipinski definition) is 4. The Hall–Kier alpha value is -3.14. The first-order valence-electron chi connectivity index (χ1n) is 9.21. The van der Waals surface area contributed by atoms with Crippen LogP contribution in [0.25, 0.3) is 11.2 Å². The van der Waals surface area contributed by atoms with Gasteiger partial charge in [-0.05, 0) is 24.2 Å². The van der Waals surface area contributed by atoms with Crippen molar-refractivity contribution < 1.29 is 14.7 Å². The van der Waals surface area contributed by atoms with Crippen LogP contribution in [-0.4, -0.2) is 55.4 Å². The molecule has 0 unspecified atom stereocenters. The molecule has 3 aromatic rings. The Balaban J connectivity index is 1.35. The third-order valence-corrected chi connectivity index (χ3v) is 5.25. The van der Waals surface area contributed by atoms with Gasteiger partial charge in [-0.3, -0.25) is 0 Å². The molecule has 2 aromatic heterocycles. The second-order valence-electron chi connectivity index (χ2n) is 6.32. The van der Waals surface area contributed by atoms with Gasteiger partial charge in [0.2, 0.25) is 0 Å². The minimum absolute atomic E-state index is 0.237. The van der Waals surface area contributed by atoms with Crippen molar-refractivity contribution in [3.63, 3.8) is 0 Å². The second-order valence-corrected chi connectivity index (χ2v) is 7.40. The maximum atomic E-state index is 12.0. The SMILES string of the molecule is O=C(NCCCCSc1ncnc2nc[nH]c12)N[C@@H](Cc1ccccc1)C(=O)O. The Morgan fingerprint density at radius 1 is 1.14 bits per heavy atom. The van der Waals surface area contributed by atoms with Crippen molar-refractivity contribution in [1.82, 2.24) is 30.6 Å². The van der Waals surface area contributed by atoms with Gasteiger partial charge in [0.05, 0.1) is 6.33 Å². The van der Waals surface area contributed by atoms with E-state index in [0.29, 0.717) is 12.2 Å². The maximum Gasteiger partial charge on any atom is 0.326 e. The Morgan fingerprint density at radius 2 is 1.97 bits per heavy atom. The van der Waals surface area contributed by atoms with Crippen molar-refractivity contribution in [2.75, 3.05) is 12.3 Å². The number of amides is 2. The van der Waals surface area contributed by atoms with Gasteiger partial charge in [-0.25, -0.2) is 24.5 Å². The quantitative estimate of drug-likeness (QED) is 0.227. The molecule has 9 nitrogen and oxygen atoms in total. The fourth-order valence-corrected chi connectivity index (χ4v) is 3.67. The molecule has 152 valence electrons. The summed E-state index contributed by atoms with van der Waals surface area (Å²) in [6.07, 6.45) is 4.96. The smallest absolute Gasteiger partial charge is 0.326 e. The zero-order valence-electron chi connectivity index (χ0n) is 15.7. The predicted molar refractivity (Wildman–Crippen MR) is 110 cm³/mol. The normalized spacial score (nSPS) is 11.9. The van der Waals surface area contributed by atoms with Gasteiger partial charge in [-0.1, -0.05) is 30.3 Å². The van der Waals surface area contributed by atoms with Gasteiger partial charge in [0.1, 0.15) is 22.9 Å². The molecular weight excluding hydrogens is 392 g/mol. The number of carboxylic acids is 1. The monoisotopic (exact) mass is 414 g/mol. The number of carboxylic acid groups (broad SMARTS) is 1. The molecule has 2 amide bonds. The minimum Gasteiger partial charge on any atom is -0.480 e. The fourth-order valence-electron chi connectivity index (χ4n) is 2.71. The Kier molecular flexibility index (Phi) is 7.40. The third kappa shape index (κ3) is 6.18. The number of hydrogen-bond acceptors (Lipinski definition) is 6. The molecule has 10 heteroatoms. The van der Waals surface area contributed by atoms with Crippen molar-refractivity contribution >= 4 is 34.9 Å². The number of H-pyrrole nitrogens is 1. The highest BCUT2D eigenvalue weighted by Gasteiger charge is 2.20. The van der Waals surface area contributed by atoms with Crippen molar-refractivity contribution in [3.05, 3.63) is 48.5 Å². The van der Waals surface area contributed by atoms with E-state index in [1.165, 1.54) is 6.33 Å². The lowest BCUT2D eigenvalue weighted by atomic mass is 10.1. The Bertz CT molecular complexity index is 949. The van der Waals surface area contributed by atoms with Crippen molar-refractivity contribution in [2.45, 2.75) is 30.3 Å². The number of urea groups is 1. The number of carbonyl (C=O) groups is 2. The minimum atomic E-state index is -1.06. The molecular formula is C19H22N6O3S. The fraction of sp³-hybridized carbons (Fsp3) is 0.316. The number of carbonyl (C=O) groups excluding carboxylic acids is 1. The molecule has 0 aliphatic heterocycles. The summed E-state index contributed by atoms with van der Waals surface area (Å²) >= 11 is 1.60. The summed E-state index contributed by atoms with van der Waals surface area (Å²) in [5, 5.41) is 15.4. The number of unbranched alkanes of at least 4 members (excludes halogenated alkanes) is 1. The average molecular weight is 414 g/mol. The standard InChI is InChI=1S/C19H22N6O3S/c26-18(27)14(10-13-6-2-1-3-7-13)25-19(28)20-8-4-5-9-29-17-15-16(22-11-21-15)23-12-24-17/h1-3,6-7,11-12,14H,4-5,8-10H2,(H,26,27)(H2,20,25,28)(H,21,22,23,24)/t14-/m0/s1. The highest BCUT2D eigenvalue weighted by atomic mass is 32.2. The molecule has 0 bridgehead atoms. The van der Waals surface area contributed by atoms with Crippen LogP contribution in [0.5, 0.6) is 0 Å². The summed E-state index contributed by atoms with van der Waals surface area (Å²) in [6.45, 7) is 0.466. The van der Waals surface area contributed by atoms with E-state index in [0.717, 1.165) is 34.7 Å². The molecule has 0 aliphatic carbocycles. The van der Waals surface area contributed by atoms with Crippen LogP contribution in [0.4, 0.5) is 4.79 Å². The first-order chi connectivity index (χ1) is 14.1. The van der Waals surface area contributed by atoms with Crippen molar-refractivity contribution in [1.29, 1.82) is 0 Å². The van der Waals surface area contributed by atoms with E-state index in [1.807, 2.05) is 30.3 Å². The van der Waals surface area contributed by atoms with Crippen LogP contribution in [-0.2, 0) is 11.2 Å². The average Bonchev–Trinajstić information content (AvgIpc) is 3.20. The summed E-state index contributed by atoms with van der Waals surface area (Å²) in [4.78, 5) is 38.9. The zero-order valence-corrected chi connectivity index (χ0v) is 16.5. The van der Waals surface area contributed by atoms with Crippen LogP contribution in [0.15, 0.2) is 48.0 Å². The lowest BCUT2D eigenvalue weighted by molar-refractivity contribution is -0.139. The van der Waals surface area contributed by atoms with Gasteiger partial charge >= 0.3 is 12.0 Å². The largest absolute Gasteiger partial charge is 0.480 e. The molecule has 29 heavy (non-hydrogen) atoms. The summed E-state index contributed by atoms with van der Waals surface area (Å²) in [7, 11) is 0. The number of aromatic amines is 1. The van der Waals surface area contributed by atoms with Crippen LogP contribution in [0.2, 0.25) is 0 Å². The number of aromatic nitrogens is 4. The maximum absolute atomic E-state index is 12.0. The van der Waals surface area contributed by atoms with Gasteiger partial charge in [0.25, 0.3) is 0 Å². The first kappa shape index (κ1) is 20.6. The van der Waals surface area contributed by atoms with Crippen LogP contribution in [0.1, 0.15) is 18.4 Å². The molecule has 2 heterocycles. The predicted octanol–water partition coefficient (Wildman–Crippen LogP) is 2.22. The number of benzene rings is 1. The third-order valence-electron chi connectivity index (χ3n) is 4.17. The zero-order chi connectivity index (χ0) is 20.5. The lowest BCUT2D eigenvalue weighted by Gasteiger charge is -2.15. The van der Waals surface area contributed by atoms with Crippen molar-refractivity contribution in [2.24, 2.45) is 0 Å². The second kappa shape index (κ2) is 10.4. The summed E-state index contributed by atoms with van der Waals surface area (Å²) in [6, 6.07) is 7.76. The lowest BCUT2D eigenvalue weighted by Crippen LogP contribution is -2.47. The van der Waals surface area contributed by atoms with E-state index in [-0.39, 0.29) is 6.42 Å². The number of fused-ring (bicyclic) bond motifs is 1. The van der Waals surface area contributed by atoms with E-state index >= 15 is 0 Å². The summed E-state index contributed by atoms with van der Waals surface area (Å²) in [5.41, 5.74) is 2.32. The topological polar surface area (TPSA) is 133 Å². The Labute approximate surface area is 171 Å². The number of thioether (sulfide) groups is 1. The summed E-state index contributed by atoms with van der Waals surface area (Å²) in [5.74, 6) is -0.226. The van der Waals surface area contributed by atoms with Gasteiger partial charge in [0, 0.05) is 13.0 Å². The molecule has 0 radical (unpaired) electrons. The van der Waals surface area contributed by atoms with Crippen LogP contribution >= 0.6 is 11.8 Å². The molecule has 1 aromatic carbocycles. The number of nitrogens with zero attached hydrogens (tertiary/aromatic N) is 3. The van der Waals surface area contributed by atoms with E-state index < -0.39 is 18.0 Å². The number of rotatable bonds is 10. The van der Waals surface area contributed by atoms with Gasteiger partial charge in [-0.15, -0.1) is 11.8 Å². The molecule has 1 atom stereocenters. The molecule has 0 fully saturated rings. The molecule has 0 spiro atoms. The molecule has 3 rings (SSSR count). The molecule has 0 aliphatic rings. The van der Waals surface area contributed by atoms with Gasteiger partial charge in [0.15, 0.2) is 5.65 Å². The van der Waals surface area contributed by atoms with Crippen molar-refractivity contribution in [3.8, 4) is 0 Å². The van der Waals surface area contributed by atoms with E-state index in [9.17, 15) is 14.7 Å². The van der Waals surface area contributed by atoms with Gasteiger partial charge in [-0.2, -0.15) is 0 Å². The van der Waals surface area contributed by atoms with Gasteiger partial charge < -0.3 is 20.7 Å². The van der Waals surface area contributed by atoms with Crippen LogP contribution in [0.3, 0.4) is 0 Å². The molecule has 4 N–H and O–H groups in total. The number of aliphatic carboxylic acids is 1. The van der Waals surface area contributed by atoms with E-state index in [2.05, 4.69) is 30.6 Å². The number of imidazole rings is 1. The molecule has 0 saturated heterocycles. The number of nitrogens with one attached hydrogen (secondary N) is 3. The highest BCUT2D eigenvalue weighted by Crippen LogP contribution is 2.22. The highest BCUT2D eigenvalue weighted by molar-refractivity contribution is 7.99. The molecule has 0 saturated carbocycles. The Morgan fingerprint density at radius 3 is 2.76 bits per heavy atom. The van der Waals surface area contributed by atoms with Crippen LogP contribution in [0, 0.1) is 0 Å². The van der Waals surface area contributed by atoms with E-state index in [4.69, 9.17) is 0 Å².